The van der Waals surface area contributed by atoms with E-state index in [9.17, 15) is 4.79 Å². The number of carbonyl (C=O) groups is 1. The number of halogens is 1. The molecule has 4 nitrogen and oxygen atoms in total. The Morgan fingerprint density at radius 2 is 2.26 bits per heavy atom. The first-order valence-electron chi connectivity index (χ1n) is 6.39. The molecule has 0 aromatic heterocycles. The van der Waals surface area contributed by atoms with Gasteiger partial charge in [0.2, 0.25) is 0 Å². The van der Waals surface area contributed by atoms with E-state index in [0.29, 0.717) is 17.3 Å². The first-order valence-corrected chi connectivity index (χ1v) is 6.77. The predicted octanol–water partition coefficient (Wildman–Crippen LogP) is 2.00. The van der Waals surface area contributed by atoms with Crippen LogP contribution in [0.4, 0.5) is 0 Å². The molecule has 104 valence electrons. The second-order valence-corrected chi connectivity index (χ2v) is 5.43. The Morgan fingerprint density at radius 3 is 2.89 bits per heavy atom. The van der Waals surface area contributed by atoms with Gasteiger partial charge in [0, 0.05) is 18.2 Å². The first kappa shape index (κ1) is 14.2. The molecule has 0 aliphatic heterocycles. The van der Waals surface area contributed by atoms with Crippen LogP contribution in [0.2, 0.25) is 5.02 Å². The molecule has 1 aromatic rings. The van der Waals surface area contributed by atoms with E-state index >= 15 is 0 Å². The molecule has 1 saturated carbocycles. The second-order valence-electron chi connectivity index (χ2n) is 5.00. The minimum absolute atomic E-state index is 0.0183. The Kier molecular flexibility index (Phi) is 4.66. The SMILES string of the molecule is O=C(COc1cccc(Cl)c1)NCC1(CCO)CC1. The van der Waals surface area contributed by atoms with Crippen LogP contribution in [-0.2, 0) is 4.79 Å². The fraction of sp³-hybridized carbons (Fsp3) is 0.500. The molecule has 19 heavy (non-hydrogen) atoms. The monoisotopic (exact) mass is 283 g/mol. The van der Waals surface area contributed by atoms with E-state index in [-0.39, 0.29) is 24.5 Å². The molecule has 1 aromatic carbocycles. The van der Waals surface area contributed by atoms with Crippen molar-refractivity contribution < 1.29 is 14.6 Å². The lowest BCUT2D eigenvalue weighted by molar-refractivity contribution is -0.123. The van der Waals surface area contributed by atoms with Crippen LogP contribution in [0.25, 0.3) is 0 Å². The van der Waals surface area contributed by atoms with Crippen LogP contribution in [0.5, 0.6) is 5.75 Å². The van der Waals surface area contributed by atoms with Gasteiger partial charge in [-0.1, -0.05) is 17.7 Å². The highest BCUT2D eigenvalue weighted by Gasteiger charge is 2.41. The summed E-state index contributed by atoms with van der Waals surface area (Å²) < 4.78 is 5.35. The fourth-order valence-electron chi connectivity index (χ4n) is 1.97. The summed E-state index contributed by atoms with van der Waals surface area (Å²) >= 11 is 5.82. The first-order chi connectivity index (χ1) is 9.13. The van der Waals surface area contributed by atoms with E-state index in [0.717, 1.165) is 19.3 Å². The van der Waals surface area contributed by atoms with Crippen molar-refractivity contribution in [3.8, 4) is 5.75 Å². The summed E-state index contributed by atoms with van der Waals surface area (Å²) in [6.45, 7) is 0.774. The van der Waals surface area contributed by atoms with Crippen molar-refractivity contribution in [3.63, 3.8) is 0 Å². The molecule has 2 rings (SSSR count). The van der Waals surface area contributed by atoms with E-state index in [1.807, 2.05) is 0 Å². The predicted molar refractivity (Wildman–Crippen MR) is 73.3 cm³/mol. The van der Waals surface area contributed by atoms with Gasteiger partial charge in [0.15, 0.2) is 6.61 Å². The largest absolute Gasteiger partial charge is 0.484 e. The average Bonchev–Trinajstić information content (AvgIpc) is 3.15. The Hall–Kier alpha value is -1.26. The van der Waals surface area contributed by atoms with Gasteiger partial charge in [-0.25, -0.2) is 0 Å². The van der Waals surface area contributed by atoms with Crippen LogP contribution < -0.4 is 10.1 Å². The molecule has 1 aliphatic rings. The Labute approximate surface area is 117 Å². The van der Waals surface area contributed by atoms with Gasteiger partial charge in [0.05, 0.1) is 0 Å². The van der Waals surface area contributed by atoms with Crippen molar-refractivity contribution in [3.05, 3.63) is 29.3 Å². The van der Waals surface area contributed by atoms with Gasteiger partial charge in [-0.2, -0.15) is 0 Å². The van der Waals surface area contributed by atoms with E-state index in [1.54, 1.807) is 24.3 Å². The van der Waals surface area contributed by atoms with E-state index in [2.05, 4.69) is 5.32 Å². The highest BCUT2D eigenvalue weighted by atomic mass is 35.5. The number of carbonyl (C=O) groups excluding carboxylic acids is 1. The minimum Gasteiger partial charge on any atom is -0.484 e. The third-order valence-electron chi connectivity index (χ3n) is 3.43. The number of ether oxygens (including phenoxy) is 1. The smallest absolute Gasteiger partial charge is 0.257 e. The average molecular weight is 284 g/mol. The van der Waals surface area contributed by atoms with Crippen LogP contribution in [0.1, 0.15) is 19.3 Å². The van der Waals surface area contributed by atoms with E-state index < -0.39 is 0 Å². The molecule has 0 atom stereocenters. The van der Waals surface area contributed by atoms with Crippen molar-refractivity contribution in [2.75, 3.05) is 19.8 Å². The van der Waals surface area contributed by atoms with Crippen molar-refractivity contribution in [2.45, 2.75) is 19.3 Å². The standard InChI is InChI=1S/C14H18ClNO3/c15-11-2-1-3-12(8-11)19-9-13(18)16-10-14(4-5-14)6-7-17/h1-3,8,17H,4-7,9-10H2,(H,16,18). The number of hydrogen-bond acceptors (Lipinski definition) is 3. The lowest BCUT2D eigenvalue weighted by atomic mass is 10.0. The maximum Gasteiger partial charge on any atom is 0.257 e. The zero-order chi connectivity index (χ0) is 13.7. The van der Waals surface area contributed by atoms with Crippen LogP contribution in [0.3, 0.4) is 0 Å². The van der Waals surface area contributed by atoms with Crippen LogP contribution in [0.15, 0.2) is 24.3 Å². The molecule has 0 bridgehead atoms. The number of rotatable bonds is 7. The van der Waals surface area contributed by atoms with E-state index in [1.165, 1.54) is 0 Å². The van der Waals surface area contributed by atoms with Crippen molar-refractivity contribution in [2.24, 2.45) is 5.41 Å². The molecule has 5 heteroatoms. The maximum atomic E-state index is 11.6. The van der Waals surface area contributed by atoms with Crippen molar-refractivity contribution in [1.82, 2.24) is 5.32 Å². The topological polar surface area (TPSA) is 58.6 Å². The quantitative estimate of drug-likeness (QED) is 0.805. The number of hydrogen-bond donors (Lipinski definition) is 2. The number of benzene rings is 1. The summed E-state index contributed by atoms with van der Waals surface area (Å²) in [5, 5.41) is 12.4. The molecule has 0 spiro atoms. The summed E-state index contributed by atoms with van der Waals surface area (Å²) in [4.78, 5) is 11.6. The third kappa shape index (κ3) is 4.40. The number of aliphatic hydroxyl groups is 1. The molecular weight excluding hydrogens is 266 g/mol. The summed E-state index contributed by atoms with van der Waals surface area (Å²) in [6.07, 6.45) is 2.90. The summed E-state index contributed by atoms with van der Waals surface area (Å²) in [5.41, 5.74) is 0.125. The van der Waals surface area contributed by atoms with Gasteiger partial charge < -0.3 is 15.2 Å². The Bertz CT molecular complexity index is 446. The van der Waals surface area contributed by atoms with Gasteiger partial charge in [-0.3, -0.25) is 4.79 Å². The summed E-state index contributed by atoms with van der Waals surface area (Å²) in [5.74, 6) is 0.434. The minimum atomic E-state index is -0.149. The molecule has 2 N–H and O–H groups in total. The van der Waals surface area contributed by atoms with Crippen molar-refractivity contribution >= 4 is 17.5 Å². The summed E-state index contributed by atoms with van der Waals surface area (Å²) in [6, 6.07) is 6.95. The molecule has 1 fully saturated rings. The van der Waals surface area contributed by atoms with Gasteiger partial charge in [0.1, 0.15) is 5.75 Å². The molecule has 0 unspecified atom stereocenters. The van der Waals surface area contributed by atoms with Gasteiger partial charge in [-0.05, 0) is 42.9 Å². The fourth-order valence-corrected chi connectivity index (χ4v) is 2.15. The van der Waals surface area contributed by atoms with Crippen LogP contribution >= 0.6 is 11.6 Å². The molecule has 0 radical (unpaired) electrons. The molecule has 1 aliphatic carbocycles. The maximum absolute atomic E-state index is 11.6. The highest BCUT2D eigenvalue weighted by molar-refractivity contribution is 6.30. The van der Waals surface area contributed by atoms with Gasteiger partial charge in [0.25, 0.3) is 5.91 Å². The second kappa shape index (κ2) is 6.26. The Morgan fingerprint density at radius 1 is 1.47 bits per heavy atom. The van der Waals surface area contributed by atoms with E-state index in [4.69, 9.17) is 21.4 Å². The molecule has 0 saturated heterocycles. The molecule has 0 heterocycles. The number of aliphatic hydroxyl groups excluding tert-OH is 1. The molecular formula is C14H18ClNO3. The number of nitrogens with one attached hydrogen (secondary N) is 1. The zero-order valence-corrected chi connectivity index (χ0v) is 11.4. The summed E-state index contributed by atoms with van der Waals surface area (Å²) in [7, 11) is 0. The third-order valence-corrected chi connectivity index (χ3v) is 3.66. The van der Waals surface area contributed by atoms with Crippen molar-refractivity contribution in [1.29, 1.82) is 0 Å². The lowest BCUT2D eigenvalue weighted by Gasteiger charge is -2.14. The highest BCUT2D eigenvalue weighted by Crippen LogP contribution is 2.47. The normalized spacial score (nSPS) is 15.9. The van der Waals surface area contributed by atoms with Crippen LogP contribution in [0, 0.1) is 5.41 Å². The molecule has 1 amide bonds. The number of amides is 1. The Balaban J connectivity index is 1.70. The lowest BCUT2D eigenvalue weighted by Crippen LogP contribution is -2.34. The van der Waals surface area contributed by atoms with Gasteiger partial charge in [-0.15, -0.1) is 0 Å². The van der Waals surface area contributed by atoms with Gasteiger partial charge >= 0.3 is 0 Å². The van der Waals surface area contributed by atoms with Crippen LogP contribution in [-0.4, -0.2) is 30.8 Å². The zero-order valence-electron chi connectivity index (χ0n) is 10.7.